The van der Waals surface area contributed by atoms with Crippen LogP contribution in [0.4, 0.5) is 0 Å². The standard InChI is InChI=1S/C37H54O5/c1-23(2)14-13-20-35(12)29(17-15-24(3)4)22-36(21-19-26(7)8)33(42-28(11)38)30(18-16-25(5)6)32(40)37(35,34(36)41)31(39)27(9)10/h14-16,19,27,29H,13,17-18,20-22H2,1-12H3/t29-,35-,36?,37?/m1/s1. The summed E-state index contributed by atoms with van der Waals surface area (Å²) in [5.74, 6) is -2.32. The number of hydrogen-bond donors (Lipinski definition) is 0. The SMILES string of the molecule is CC(=O)OC1=C(CC=C(C)C)C(=O)C2(C(=O)C(C)C)C(=O)C1(CC=C(C)C)C[C@@H](CC=C(C)C)[C@@]2(C)CCC=C(C)C. The zero-order valence-electron chi connectivity index (χ0n) is 28.2. The van der Waals surface area contributed by atoms with E-state index in [0.717, 1.165) is 22.3 Å². The third kappa shape index (κ3) is 6.55. The van der Waals surface area contributed by atoms with Crippen molar-refractivity contribution in [1.82, 2.24) is 0 Å². The minimum absolute atomic E-state index is 0.153. The summed E-state index contributed by atoms with van der Waals surface area (Å²) in [6.07, 6.45) is 10.9. The van der Waals surface area contributed by atoms with Crippen LogP contribution in [-0.4, -0.2) is 23.3 Å². The fourth-order valence-corrected chi connectivity index (χ4v) is 6.99. The molecule has 0 aromatic carbocycles. The largest absolute Gasteiger partial charge is 0.430 e. The van der Waals surface area contributed by atoms with Crippen LogP contribution in [0.5, 0.6) is 0 Å². The van der Waals surface area contributed by atoms with Crippen molar-refractivity contribution in [3.05, 3.63) is 57.9 Å². The van der Waals surface area contributed by atoms with Crippen molar-refractivity contribution in [3.63, 3.8) is 0 Å². The summed E-state index contributed by atoms with van der Waals surface area (Å²) in [5.41, 5.74) is 0.471. The Bertz CT molecular complexity index is 1250. The van der Waals surface area contributed by atoms with Crippen molar-refractivity contribution in [2.24, 2.45) is 28.1 Å². The Hall–Kier alpha value is -2.82. The Balaban J connectivity index is 3.22. The highest BCUT2D eigenvalue weighted by atomic mass is 16.5. The van der Waals surface area contributed by atoms with Crippen molar-refractivity contribution in [3.8, 4) is 0 Å². The molecule has 5 nitrogen and oxygen atoms in total. The predicted molar refractivity (Wildman–Crippen MR) is 171 cm³/mol. The molecule has 2 aliphatic carbocycles. The average Bonchev–Trinajstić information content (AvgIpc) is 2.86. The van der Waals surface area contributed by atoms with Gasteiger partial charge in [0.2, 0.25) is 0 Å². The van der Waals surface area contributed by atoms with E-state index in [-0.39, 0.29) is 41.7 Å². The summed E-state index contributed by atoms with van der Waals surface area (Å²) in [5, 5.41) is 0. The number of esters is 1. The number of allylic oxidation sites excluding steroid dienone is 10. The number of ketones is 3. The molecule has 0 radical (unpaired) electrons. The summed E-state index contributed by atoms with van der Waals surface area (Å²) < 4.78 is 5.94. The van der Waals surface area contributed by atoms with Crippen LogP contribution in [-0.2, 0) is 23.9 Å². The maximum Gasteiger partial charge on any atom is 0.307 e. The highest BCUT2D eigenvalue weighted by Crippen LogP contribution is 2.68. The van der Waals surface area contributed by atoms with E-state index in [4.69, 9.17) is 4.74 Å². The molecule has 0 spiro atoms. The Morgan fingerprint density at radius 3 is 1.88 bits per heavy atom. The Kier molecular flexibility index (Phi) is 11.5. The summed E-state index contributed by atoms with van der Waals surface area (Å²) >= 11 is 0. The molecule has 2 unspecified atom stereocenters. The molecular weight excluding hydrogens is 524 g/mol. The van der Waals surface area contributed by atoms with Crippen LogP contribution >= 0.6 is 0 Å². The van der Waals surface area contributed by atoms with E-state index >= 15 is 9.59 Å². The third-order valence-electron chi connectivity index (χ3n) is 9.19. The van der Waals surface area contributed by atoms with Gasteiger partial charge in [0.25, 0.3) is 0 Å². The number of ether oxygens (including phenoxy) is 1. The van der Waals surface area contributed by atoms with Crippen molar-refractivity contribution in [1.29, 1.82) is 0 Å². The third-order valence-corrected chi connectivity index (χ3v) is 9.19. The molecule has 2 aliphatic rings. The molecule has 0 aromatic heterocycles. The number of hydrogen-bond acceptors (Lipinski definition) is 5. The van der Waals surface area contributed by atoms with Crippen LogP contribution < -0.4 is 0 Å². The molecule has 232 valence electrons. The van der Waals surface area contributed by atoms with Gasteiger partial charge in [0.15, 0.2) is 22.8 Å². The zero-order valence-corrected chi connectivity index (χ0v) is 28.2. The van der Waals surface area contributed by atoms with Gasteiger partial charge in [-0.15, -0.1) is 0 Å². The van der Waals surface area contributed by atoms with E-state index in [1.54, 1.807) is 13.8 Å². The topological polar surface area (TPSA) is 77.5 Å². The minimum Gasteiger partial charge on any atom is -0.430 e. The first-order valence-electron chi connectivity index (χ1n) is 15.5. The lowest BCUT2D eigenvalue weighted by molar-refractivity contribution is -0.181. The van der Waals surface area contributed by atoms with E-state index < -0.39 is 33.9 Å². The van der Waals surface area contributed by atoms with Crippen LogP contribution in [0.15, 0.2) is 57.9 Å². The summed E-state index contributed by atoms with van der Waals surface area (Å²) in [6.45, 7) is 22.8. The molecule has 1 saturated carbocycles. The monoisotopic (exact) mass is 578 g/mol. The molecule has 4 atom stereocenters. The first kappa shape index (κ1) is 35.4. The fourth-order valence-electron chi connectivity index (χ4n) is 6.99. The molecule has 2 rings (SSSR count). The molecule has 5 heteroatoms. The summed E-state index contributed by atoms with van der Waals surface area (Å²) in [4.78, 5) is 57.8. The van der Waals surface area contributed by atoms with Crippen LogP contribution in [0, 0.1) is 28.1 Å². The van der Waals surface area contributed by atoms with Gasteiger partial charge in [-0.25, -0.2) is 0 Å². The lowest BCUT2D eigenvalue weighted by Gasteiger charge is -2.61. The Labute approximate surface area is 254 Å². The normalized spacial score (nSPS) is 26.9. The van der Waals surface area contributed by atoms with Gasteiger partial charge in [-0.3, -0.25) is 19.2 Å². The van der Waals surface area contributed by atoms with Gasteiger partial charge in [-0.2, -0.15) is 0 Å². The van der Waals surface area contributed by atoms with E-state index in [0.29, 0.717) is 25.7 Å². The molecule has 0 aromatic rings. The second kappa shape index (κ2) is 13.7. The predicted octanol–water partition coefficient (Wildman–Crippen LogP) is 8.99. The van der Waals surface area contributed by atoms with E-state index in [2.05, 4.69) is 12.2 Å². The van der Waals surface area contributed by atoms with Crippen LogP contribution in [0.25, 0.3) is 0 Å². The van der Waals surface area contributed by atoms with E-state index in [1.165, 1.54) is 6.92 Å². The van der Waals surface area contributed by atoms with Crippen molar-refractivity contribution in [2.75, 3.05) is 0 Å². The number of fused-ring (bicyclic) bond motifs is 2. The highest BCUT2D eigenvalue weighted by molar-refractivity contribution is 6.33. The maximum atomic E-state index is 15.3. The summed E-state index contributed by atoms with van der Waals surface area (Å²) in [6, 6.07) is 0. The lowest BCUT2D eigenvalue weighted by Crippen LogP contribution is -2.71. The molecule has 0 saturated heterocycles. The second-order valence-electron chi connectivity index (χ2n) is 14.0. The maximum absolute atomic E-state index is 15.3. The minimum atomic E-state index is -1.88. The number of Topliss-reactive ketones (excluding diaryl/α,β-unsaturated/α-hetero) is 3. The van der Waals surface area contributed by atoms with Gasteiger partial charge in [-0.1, -0.05) is 67.4 Å². The molecule has 1 fully saturated rings. The molecule has 42 heavy (non-hydrogen) atoms. The highest BCUT2D eigenvalue weighted by Gasteiger charge is 2.76. The first-order valence-corrected chi connectivity index (χ1v) is 15.5. The van der Waals surface area contributed by atoms with E-state index in [9.17, 15) is 9.59 Å². The quantitative estimate of drug-likeness (QED) is 0.131. The average molecular weight is 579 g/mol. The zero-order chi connectivity index (χ0) is 32.2. The van der Waals surface area contributed by atoms with Gasteiger partial charge in [0, 0.05) is 18.4 Å². The Morgan fingerprint density at radius 1 is 0.857 bits per heavy atom. The fraction of sp³-hybridized carbons (Fsp3) is 0.622. The van der Waals surface area contributed by atoms with E-state index in [1.807, 2.05) is 74.5 Å². The van der Waals surface area contributed by atoms with Gasteiger partial charge >= 0.3 is 5.97 Å². The Morgan fingerprint density at radius 2 is 1.40 bits per heavy atom. The lowest BCUT2D eigenvalue weighted by atomic mass is 9.38. The van der Waals surface area contributed by atoms with Crippen molar-refractivity contribution >= 4 is 23.3 Å². The van der Waals surface area contributed by atoms with Gasteiger partial charge in [-0.05, 0) is 105 Å². The van der Waals surface area contributed by atoms with Crippen molar-refractivity contribution in [2.45, 2.75) is 122 Å². The second-order valence-corrected chi connectivity index (χ2v) is 14.0. The molecule has 0 heterocycles. The van der Waals surface area contributed by atoms with Gasteiger partial charge in [0.1, 0.15) is 5.76 Å². The smallest absolute Gasteiger partial charge is 0.307 e. The van der Waals surface area contributed by atoms with Crippen LogP contribution in [0.1, 0.15) is 122 Å². The summed E-state index contributed by atoms with van der Waals surface area (Å²) in [7, 11) is 0. The van der Waals surface area contributed by atoms with Crippen molar-refractivity contribution < 1.29 is 23.9 Å². The number of carbonyl (C=O) groups excluding carboxylic acids is 4. The van der Waals surface area contributed by atoms with Gasteiger partial charge in [0.05, 0.1) is 5.41 Å². The molecule has 0 amide bonds. The molecule has 0 aliphatic heterocycles. The van der Waals surface area contributed by atoms with Gasteiger partial charge < -0.3 is 4.74 Å². The van der Waals surface area contributed by atoms with Crippen LogP contribution in [0.3, 0.4) is 0 Å². The van der Waals surface area contributed by atoms with Crippen LogP contribution in [0.2, 0.25) is 0 Å². The molecule has 2 bridgehead atoms. The molecule has 0 N–H and O–H groups in total. The molecular formula is C37H54O5. The number of carbonyl (C=O) groups is 4. The number of rotatable bonds is 12. The first-order chi connectivity index (χ1) is 19.4.